The normalized spacial score (nSPS) is 17.2. The van der Waals surface area contributed by atoms with Gasteiger partial charge in [0.1, 0.15) is 28.9 Å². The summed E-state index contributed by atoms with van der Waals surface area (Å²) in [6.07, 6.45) is 5.59. The van der Waals surface area contributed by atoms with Crippen LogP contribution in [0.4, 0.5) is 55.6 Å². The number of nitrogens with one attached hydrogen (secondary N) is 3. The Labute approximate surface area is 773 Å². The molecule has 0 aliphatic carbocycles. The number of piperazine rings is 3. The number of anilines is 9. The van der Waals surface area contributed by atoms with Gasteiger partial charge in [-0.3, -0.25) is 14.4 Å². The molecule has 2 atom stereocenters. The number of nitrogens with zero attached hydrogens (tertiary/aromatic N) is 15. The minimum atomic E-state index is -4.40. The van der Waals surface area contributed by atoms with Crippen molar-refractivity contribution in [2.24, 2.45) is 4.40 Å². The van der Waals surface area contributed by atoms with Gasteiger partial charge in [0.25, 0.3) is 27.7 Å². The summed E-state index contributed by atoms with van der Waals surface area (Å²) in [7, 11) is 2.29. The molecule has 6 fully saturated rings. The first kappa shape index (κ1) is 95.7. The molecule has 0 radical (unpaired) electrons. The molecule has 6 saturated heterocycles. The first-order chi connectivity index (χ1) is 62.6. The molecule has 688 valence electrons. The summed E-state index contributed by atoms with van der Waals surface area (Å²) in [5.74, 6) is -0.782. The summed E-state index contributed by atoms with van der Waals surface area (Å²) in [6, 6.07) is 67.2. The minimum absolute atomic E-state index is 0.00967. The highest BCUT2D eigenvalue weighted by Crippen LogP contribution is 2.38. The van der Waals surface area contributed by atoms with Gasteiger partial charge >= 0.3 is 0 Å². The average molecular weight is 1790 g/mol. The van der Waals surface area contributed by atoms with Crippen LogP contribution in [-0.2, 0) is 10.0 Å². The molecule has 27 heteroatoms. The van der Waals surface area contributed by atoms with Crippen LogP contribution >= 0.6 is 0 Å². The highest BCUT2D eigenvalue weighted by molar-refractivity contribution is 7.90. The van der Waals surface area contributed by atoms with Gasteiger partial charge in [-0.1, -0.05) is 97.1 Å². The fourth-order valence-electron chi connectivity index (χ4n) is 19.1. The number of carbonyl (C=O) groups excluding carboxylic acids is 3. The lowest BCUT2D eigenvalue weighted by Gasteiger charge is -2.47. The molecule has 6 heterocycles. The Bertz CT molecular complexity index is 5600. The van der Waals surface area contributed by atoms with E-state index in [-0.39, 0.29) is 47.5 Å². The number of rotatable bonds is 19. The van der Waals surface area contributed by atoms with Crippen molar-refractivity contribution >= 4 is 84.9 Å². The van der Waals surface area contributed by atoms with Crippen LogP contribution in [0.15, 0.2) is 197 Å². The summed E-state index contributed by atoms with van der Waals surface area (Å²) in [4.78, 5) is 63.0. The second-order valence-electron chi connectivity index (χ2n) is 37.0. The van der Waals surface area contributed by atoms with Gasteiger partial charge in [-0.05, 0) is 232 Å². The number of sulfonamides is 1. The third-order valence-corrected chi connectivity index (χ3v) is 27.6. The number of carbonyl (C=O) groups is 3. The number of aryl methyl sites for hydroxylation is 6. The van der Waals surface area contributed by atoms with Crippen molar-refractivity contribution in [1.82, 2.24) is 24.5 Å². The van der Waals surface area contributed by atoms with Crippen molar-refractivity contribution in [3.63, 3.8) is 0 Å². The number of piperidine rings is 3. The van der Waals surface area contributed by atoms with Crippen LogP contribution in [0.1, 0.15) is 147 Å². The maximum atomic E-state index is 15.2. The quantitative estimate of drug-likeness (QED) is 0.0371. The van der Waals surface area contributed by atoms with E-state index in [2.05, 4.69) is 113 Å². The van der Waals surface area contributed by atoms with Gasteiger partial charge in [0.15, 0.2) is 0 Å². The van der Waals surface area contributed by atoms with Crippen molar-refractivity contribution in [2.75, 3.05) is 178 Å². The lowest BCUT2D eigenvalue weighted by Crippen LogP contribution is -2.62. The zero-order valence-electron chi connectivity index (χ0n) is 78.3. The lowest BCUT2D eigenvalue weighted by molar-refractivity contribution is 0.0218. The van der Waals surface area contributed by atoms with Gasteiger partial charge in [0, 0.05) is 196 Å². The molecule has 6 aliphatic heterocycles. The van der Waals surface area contributed by atoms with Crippen LogP contribution in [0.25, 0.3) is 0 Å². The van der Waals surface area contributed by atoms with Crippen LogP contribution in [0, 0.1) is 81.4 Å². The number of amides is 3. The molecule has 5 N–H and O–H groups in total. The minimum Gasteiger partial charge on any atom is -0.388 e. The van der Waals surface area contributed by atoms with E-state index in [1.807, 2.05) is 199 Å². The zero-order chi connectivity index (χ0) is 93.8. The van der Waals surface area contributed by atoms with E-state index < -0.39 is 31.9 Å². The third-order valence-electron chi connectivity index (χ3n) is 26.3. The van der Waals surface area contributed by atoms with E-state index in [4.69, 9.17) is 0 Å². The van der Waals surface area contributed by atoms with Gasteiger partial charge < -0.3 is 80.1 Å². The van der Waals surface area contributed by atoms with E-state index >= 15 is 4.39 Å². The van der Waals surface area contributed by atoms with Gasteiger partial charge in [-0.25, -0.2) is 4.39 Å². The van der Waals surface area contributed by atoms with E-state index in [0.29, 0.717) is 111 Å². The van der Waals surface area contributed by atoms with Crippen LogP contribution in [0.5, 0.6) is 0 Å². The monoisotopic (exact) mass is 1790 g/mol. The molecule has 9 aromatic rings. The number of halogens is 1. The molecule has 0 unspecified atom stereocenters. The standard InChI is InChI=1S/C36H45FN8O3S.2C34H41N5O2/c1-25-22-26(2)31(39-28-14-16-43(17-15-28)32-12-8-7-10-27(32)24-38)23-29(25)35(46)45-20-18-44(19-21-45)33-13-9-11-30(37)34(33)49(47,48)40-36(41(3)4)42(5)6;2*1-24-20-25(2)30(36-27-14-16-37(17-15-27)31-13-9-8-10-26(31)22-35)21-29(24)33(40)38-18-19-39(28-11-6-5-7-12-28)32(23-38)34(3,4)41/h7-13,22-23,28,39H,14-21H2,1-6H3;2*5-13,20-21,27,32,36,41H,14-19,23H2,1-4H3/t;2*32-/m.10/s1. The Morgan fingerprint density at radius 3 is 1.02 bits per heavy atom. The largest absolute Gasteiger partial charge is 0.388 e. The van der Waals surface area contributed by atoms with Gasteiger partial charge in [0.2, 0.25) is 5.96 Å². The predicted octanol–water partition coefficient (Wildman–Crippen LogP) is 15.2. The zero-order valence-corrected chi connectivity index (χ0v) is 79.1. The van der Waals surface area contributed by atoms with Crippen LogP contribution < -0.4 is 45.3 Å². The van der Waals surface area contributed by atoms with Crippen molar-refractivity contribution in [2.45, 2.75) is 154 Å². The molecule has 25 nitrogen and oxygen atoms in total. The number of para-hydroxylation sites is 5. The molecular formula is C104H127FN18O7S. The number of nitriles is 3. The first-order valence-corrected chi connectivity index (χ1v) is 47.1. The molecular weight excluding hydrogens is 1660 g/mol. The topological polar surface area (TPSA) is 281 Å². The molecule has 131 heavy (non-hydrogen) atoms. The summed E-state index contributed by atoms with van der Waals surface area (Å²) in [5.41, 5.74) is 16.6. The molecule has 0 saturated carbocycles. The fourth-order valence-corrected chi connectivity index (χ4v) is 20.5. The smallest absolute Gasteiger partial charge is 0.290 e. The Morgan fingerprint density at radius 1 is 0.397 bits per heavy atom. The highest BCUT2D eigenvalue weighted by Gasteiger charge is 2.42. The second kappa shape index (κ2) is 41.9. The van der Waals surface area contributed by atoms with Gasteiger partial charge in [0.05, 0.1) is 62.7 Å². The fraction of sp³-hybridized carbons (Fsp3) is 0.413. The summed E-state index contributed by atoms with van der Waals surface area (Å²) >= 11 is 0. The van der Waals surface area contributed by atoms with Crippen LogP contribution in [0.2, 0.25) is 0 Å². The highest BCUT2D eigenvalue weighted by atomic mass is 32.2. The number of aliphatic hydroxyl groups is 2. The van der Waals surface area contributed by atoms with Crippen LogP contribution in [-0.4, -0.2) is 241 Å². The average Bonchev–Trinajstić information content (AvgIpc) is 0.789. The predicted molar refractivity (Wildman–Crippen MR) is 524 cm³/mol. The molecule has 9 aromatic carbocycles. The number of guanidine groups is 1. The van der Waals surface area contributed by atoms with E-state index in [1.54, 1.807) is 53.9 Å². The number of hydrogen-bond acceptors (Lipinski definition) is 19. The van der Waals surface area contributed by atoms with Crippen LogP contribution in [0.3, 0.4) is 0 Å². The van der Waals surface area contributed by atoms with E-state index in [1.165, 1.54) is 6.07 Å². The first-order valence-electron chi connectivity index (χ1n) is 45.7. The van der Waals surface area contributed by atoms with Gasteiger partial charge in [-0.15, -0.1) is 4.40 Å². The second-order valence-corrected chi connectivity index (χ2v) is 38.5. The van der Waals surface area contributed by atoms with Crippen molar-refractivity contribution < 1.29 is 37.4 Å². The number of benzene rings is 9. The maximum absolute atomic E-state index is 15.2. The van der Waals surface area contributed by atoms with Crippen molar-refractivity contribution in [3.8, 4) is 18.2 Å². The summed E-state index contributed by atoms with van der Waals surface area (Å²) < 4.78 is 46.1. The molecule has 15 rings (SSSR count). The Balaban J connectivity index is 0.000000168. The Hall–Kier alpha value is -12.9. The molecule has 6 aliphatic rings. The SMILES string of the molecule is Cc1cc(C)c(C(=O)N2CCN(c3cccc(F)c3S(=O)(=O)N=C(N(C)C)N(C)C)CC2)cc1NC1CCN(c2ccccc2C#N)CC1.Cc1cc(C)c(C(=O)N2CCN(c3ccccc3)[C@@H](C(C)(C)O)C2)cc1NC1CCN(c2ccccc2C#N)CC1.Cc1cc(C)c(C(=O)N2CCN(c3ccccc3)[C@H](C(C)(C)O)C2)cc1NC1CCN(c2ccccc2C#N)CC1. The van der Waals surface area contributed by atoms with Crippen molar-refractivity contribution in [1.29, 1.82) is 15.8 Å². The van der Waals surface area contributed by atoms with Gasteiger partial charge in [-0.2, -0.15) is 24.2 Å². The Kier molecular flexibility index (Phi) is 30.6. The summed E-state index contributed by atoms with van der Waals surface area (Å²) in [6.45, 7) is 29.4. The number of hydrogen-bond donors (Lipinski definition) is 5. The molecule has 0 aromatic heterocycles. The third kappa shape index (κ3) is 22.8. The van der Waals surface area contributed by atoms with E-state index in [9.17, 15) is 48.8 Å². The Morgan fingerprint density at radius 2 is 0.695 bits per heavy atom. The lowest BCUT2D eigenvalue weighted by atomic mass is 9.93. The molecule has 0 spiro atoms. The summed E-state index contributed by atoms with van der Waals surface area (Å²) in [5, 5.41) is 61.8. The van der Waals surface area contributed by atoms with E-state index in [0.717, 1.165) is 163 Å². The molecule has 0 bridgehead atoms. The maximum Gasteiger partial charge on any atom is 0.290 e. The van der Waals surface area contributed by atoms with Crippen molar-refractivity contribution in [3.05, 3.63) is 261 Å². The molecule has 3 amide bonds.